The summed E-state index contributed by atoms with van der Waals surface area (Å²) in [4.78, 5) is 17.4. The first kappa shape index (κ1) is 46.7. The average Bonchev–Trinajstić information content (AvgIpc) is 3.33. The second-order valence-corrected chi connectivity index (χ2v) is 17.8. The Morgan fingerprint density at radius 2 is 1.16 bits per heavy atom. The minimum absolute atomic E-state index is 0.0508. The molecule has 0 aromatic heterocycles. The fourth-order valence-electron chi connectivity index (χ4n) is 7.72. The number of nitrogens with zero attached hydrogens (tertiary/aromatic N) is 4. The molecule has 63 heavy (non-hydrogen) atoms. The van der Waals surface area contributed by atoms with Crippen molar-refractivity contribution in [2.24, 2.45) is 15.6 Å². The molecule has 5 aromatic carbocycles. The molecule has 1 fully saturated rings. The molecule has 0 aliphatic carbocycles. The van der Waals surface area contributed by atoms with Crippen LogP contribution in [0.15, 0.2) is 136 Å². The Hall–Kier alpha value is -5.80. The standard InChI is InChI=1S/C49H59N5O8S/c1-53(2)42-20-16-40(17-21-42)51-52-41-18-28-46(29-19-41)63(57,58)50-32-8-6-7-9-47(56)54-33-30-48(35-55,31-34-54)36-62-49(37-10-22-43(59-3)23-11-37,38-12-24-44(60-4)25-13-38)39-14-26-45(61-5)27-15-39/h10-29,50,55H,6-9,30-36H2,1-5H3/b52-51+. The van der Waals surface area contributed by atoms with Gasteiger partial charge in [0, 0.05) is 51.3 Å². The van der Waals surface area contributed by atoms with E-state index in [1.54, 1.807) is 33.5 Å². The third-order valence-corrected chi connectivity index (χ3v) is 13.2. The van der Waals surface area contributed by atoms with Crippen molar-refractivity contribution in [3.05, 3.63) is 138 Å². The predicted octanol–water partition coefficient (Wildman–Crippen LogP) is 8.64. The summed E-state index contributed by atoms with van der Waals surface area (Å²) in [5, 5.41) is 19.4. The molecule has 13 nitrogen and oxygen atoms in total. The lowest BCUT2D eigenvalue weighted by molar-refractivity contribution is -0.137. The van der Waals surface area contributed by atoms with Crippen LogP contribution in [0.3, 0.4) is 0 Å². The Kier molecular flexibility index (Phi) is 16.0. The van der Waals surface area contributed by atoms with Crippen molar-refractivity contribution >= 4 is 33.0 Å². The van der Waals surface area contributed by atoms with Crippen molar-refractivity contribution < 1.29 is 37.3 Å². The summed E-state index contributed by atoms with van der Waals surface area (Å²) >= 11 is 0. The van der Waals surface area contributed by atoms with E-state index < -0.39 is 21.0 Å². The van der Waals surface area contributed by atoms with Crippen molar-refractivity contribution in [1.29, 1.82) is 0 Å². The van der Waals surface area contributed by atoms with Crippen LogP contribution in [0.1, 0.15) is 55.2 Å². The smallest absolute Gasteiger partial charge is 0.240 e. The van der Waals surface area contributed by atoms with Gasteiger partial charge in [-0.1, -0.05) is 42.8 Å². The Labute approximate surface area is 371 Å². The first-order valence-electron chi connectivity index (χ1n) is 21.2. The van der Waals surface area contributed by atoms with E-state index in [-0.39, 0.29) is 30.6 Å². The van der Waals surface area contributed by atoms with Gasteiger partial charge in [-0.3, -0.25) is 4.79 Å². The number of hydrogen-bond donors (Lipinski definition) is 2. The minimum atomic E-state index is -3.71. The van der Waals surface area contributed by atoms with E-state index in [1.165, 1.54) is 12.1 Å². The fraction of sp³-hybridized carbons (Fsp3) is 0.367. The maximum absolute atomic E-state index is 13.4. The summed E-state index contributed by atoms with van der Waals surface area (Å²) in [6.07, 6.45) is 3.41. The maximum Gasteiger partial charge on any atom is 0.240 e. The van der Waals surface area contributed by atoms with Gasteiger partial charge >= 0.3 is 0 Å². The molecule has 1 aliphatic heterocycles. The molecule has 0 unspecified atom stereocenters. The van der Waals surface area contributed by atoms with Crippen LogP contribution in [0.5, 0.6) is 17.2 Å². The van der Waals surface area contributed by atoms with Gasteiger partial charge in [0.2, 0.25) is 15.9 Å². The van der Waals surface area contributed by atoms with E-state index in [0.29, 0.717) is 80.2 Å². The van der Waals surface area contributed by atoms with E-state index in [0.717, 1.165) is 22.4 Å². The third kappa shape index (κ3) is 11.6. The van der Waals surface area contributed by atoms with Gasteiger partial charge in [-0.05, 0) is 127 Å². The van der Waals surface area contributed by atoms with Gasteiger partial charge in [0.15, 0.2) is 0 Å². The third-order valence-electron chi connectivity index (χ3n) is 11.8. The number of likely N-dealkylation sites (tertiary alicyclic amines) is 1. The molecule has 0 atom stereocenters. The summed E-state index contributed by atoms with van der Waals surface area (Å²) in [5.41, 5.74) is 3.26. The van der Waals surface area contributed by atoms with Gasteiger partial charge < -0.3 is 33.9 Å². The Balaban J connectivity index is 1.01. The molecule has 6 rings (SSSR count). The Bertz CT molecular complexity index is 2230. The quantitative estimate of drug-likeness (QED) is 0.0419. The maximum atomic E-state index is 13.4. The van der Waals surface area contributed by atoms with E-state index >= 15 is 0 Å². The SMILES string of the molecule is COc1ccc(C(OCC2(CO)CCN(C(=O)CCCCCNS(=O)(=O)c3ccc(/N=N/c4ccc(N(C)C)cc4)cc3)CC2)(c2ccc(OC)cc2)c2ccc(OC)cc2)cc1. The van der Waals surface area contributed by atoms with Crippen molar-refractivity contribution in [2.45, 2.75) is 49.0 Å². The molecule has 1 saturated heterocycles. The molecule has 0 spiro atoms. The van der Waals surface area contributed by atoms with Gasteiger partial charge in [-0.15, -0.1) is 0 Å². The number of azo groups is 1. The zero-order valence-electron chi connectivity index (χ0n) is 36.8. The number of carbonyl (C=O) groups excluding carboxylic acids is 1. The highest BCUT2D eigenvalue weighted by molar-refractivity contribution is 7.89. The van der Waals surface area contributed by atoms with E-state index in [9.17, 15) is 18.3 Å². The number of benzene rings is 5. The average molecular weight is 878 g/mol. The lowest BCUT2D eigenvalue weighted by atomic mass is 9.77. The van der Waals surface area contributed by atoms with Gasteiger partial charge in [0.25, 0.3) is 0 Å². The van der Waals surface area contributed by atoms with E-state index in [4.69, 9.17) is 18.9 Å². The summed E-state index contributed by atoms with van der Waals surface area (Å²) in [6, 6.07) is 37.4. The van der Waals surface area contributed by atoms with Gasteiger partial charge in [0.05, 0.1) is 50.8 Å². The molecule has 0 radical (unpaired) electrons. The summed E-state index contributed by atoms with van der Waals surface area (Å²) in [5.74, 6) is 2.19. The molecular weight excluding hydrogens is 819 g/mol. The number of carbonyl (C=O) groups is 1. The number of rotatable bonds is 21. The monoisotopic (exact) mass is 877 g/mol. The molecule has 14 heteroatoms. The van der Waals surface area contributed by atoms with Crippen LogP contribution in [-0.4, -0.2) is 92.6 Å². The van der Waals surface area contributed by atoms with Crippen LogP contribution in [0.4, 0.5) is 17.1 Å². The number of anilines is 1. The predicted molar refractivity (Wildman–Crippen MR) is 245 cm³/mol. The highest BCUT2D eigenvalue weighted by Gasteiger charge is 2.43. The lowest BCUT2D eigenvalue weighted by Crippen LogP contribution is -2.48. The van der Waals surface area contributed by atoms with Gasteiger partial charge in [-0.2, -0.15) is 10.2 Å². The molecule has 2 N–H and O–H groups in total. The van der Waals surface area contributed by atoms with Crippen LogP contribution in [0.2, 0.25) is 0 Å². The summed E-state index contributed by atoms with van der Waals surface area (Å²) in [7, 11) is 5.12. The van der Waals surface area contributed by atoms with Crippen molar-refractivity contribution in [2.75, 3.05) is 73.2 Å². The first-order valence-corrected chi connectivity index (χ1v) is 22.7. The number of sulfonamides is 1. The molecule has 1 heterocycles. The first-order chi connectivity index (χ1) is 30.4. The number of amides is 1. The highest BCUT2D eigenvalue weighted by Crippen LogP contribution is 2.45. The molecular formula is C49H59N5O8S. The zero-order valence-corrected chi connectivity index (χ0v) is 37.6. The number of hydrogen-bond acceptors (Lipinski definition) is 11. The summed E-state index contributed by atoms with van der Waals surface area (Å²) in [6.45, 7) is 1.37. The van der Waals surface area contributed by atoms with Crippen LogP contribution in [0, 0.1) is 5.41 Å². The molecule has 1 amide bonds. The molecule has 5 aromatic rings. The molecule has 0 saturated carbocycles. The van der Waals surface area contributed by atoms with Crippen molar-refractivity contribution in [3.8, 4) is 17.2 Å². The summed E-state index contributed by atoms with van der Waals surface area (Å²) < 4.78 is 52.2. The molecule has 1 aliphatic rings. The minimum Gasteiger partial charge on any atom is -0.497 e. The van der Waals surface area contributed by atoms with Crippen LogP contribution < -0.4 is 23.8 Å². The topological polar surface area (TPSA) is 152 Å². The normalized spacial score (nSPS) is 14.1. The largest absolute Gasteiger partial charge is 0.497 e. The second kappa shape index (κ2) is 21.5. The number of aliphatic hydroxyl groups excluding tert-OH is 1. The fourth-order valence-corrected chi connectivity index (χ4v) is 8.79. The zero-order chi connectivity index (χ0) is 44.9. The van der Waals surface area contributed by atoms with Crippen LogP contribution in [-0.2, 0) is 25.2 Å². The molecule has 0 bridgehead atoms. The van der Waals surface area contributed by atoms with E-state index in [2.05, 4.69) is 15.0 Å². The number of unbranched alkanes of at least 4 members (excludes halogenated alkanes) is 2. The number of methoxy groups -OCH3 is 3. The second-order valence-electron chi connectivity index (χ2n) is 16.0. The highest BCUT2D eigenvalue weighted by atomic mass is 32.2. The van der Waals surface area contributed by atoms with Crippen LogP contribution >= 0.6 is 0 Å². The number of aliphatic hydroxyl groups is 1. The van der Waals surface area contributed by atoms with Crippen LogP contribution in [0.25, 0.3) is 0 Å². The number of nitrogens with one attached hydrogen (secondary N) is 1. The van der Waals surface area contributed by atoms with Gasteiger partial charge in [0.1, 0.15) is 22.8 Å². The molecule has 334 valence electrons. The number of ether oxygens (including phenoxy) is 4. The Morgan fingerprint density at radius 1 is 0.698 bits per heavy atom. The van der Waals surface area contributed by atoms with Crippen molar-refractivity contribution in [1.82, 2.24) is 9.62 Å². The Morgan fingerprint density at radius 3 is 1.59 bits per heavy atom. The number of piperidine rings is 1. The lowest BCUT2D eigenvalue weighted by Gasteiger charge is -2.44. The van der Waals surface area contributed by atoms with E-state index in [1.807, 2.05) is 121 Å². The van der Waals surface area contributed by atoms with Gasteiger partial charge in [-0.25, -0.2) is 13.1 Å². The van der Waals surface area contributed by atoms with Crippen molar-refractivity contribution in [3.63, 3.8) is 0 Å².